The van der Waals surface area contributed by atoms with Gasteiger partial charge in [0.2, 0.25) is 11.8 Å². The molecule has 0 aromatic heterocycles. The van der Waals surface area contributed by atoms with Crippen molar-refractivity contribution >= 4 is 50.7 Å². The Morgan fingerprint density at radius 3 is 2.72 bits per heavy atom. The van der Waals surface area contributed by atoms with Crippen LogP contribution in [0.4, 0.5) is 11.4 Å². The molecule has 2 aromatic rings. The smallest absolute Gasteiger partial charge is 0.229 e. The van der Waals surface area contributed by atoms with Gasteiger partial charge in [0.15, 0.2) is 0 Å². The number of hydrogen-bond acceptors (Lipinski definition) is 2. The molecule has 1 aliphatic rings. The molecule has 25 heavy (non-hydrogen) atoms. The van der Waals surface area contributed by atoms with Crippen molar-refractivity contribution in [2.45, 2.75) is 20.3 Å². The van der Waals surface area contributed by atoms with E-state index in [1.54, 1.807) is 23.1 Å². The molecule has 0 aliphatic carbocycles. The lowest BCUT2D eigenvalue weighted by atomic mass is 10.1. The number of aryl methyl sites for hydroxylation is 2. The van der Waals surface area contributed by atoms with Crippen molar-refractivity contribution in [2.75, 3.05) is 16.8 Å². The summed E-state index contributed by atoms with van der Waals surface area (Å²) in [5.74, 6) is -0.572. The molecule has 6 heteroatoms. The Labute approximate surface area is 160 Å². The van der Waals surface area contributed by atoms with E-state index in [1.807, 2.05) is 32.0 Å². The van der Waals surface area contributed by atoms with E-state index in [1.165, 1.54) is 0 Å². The zero-order valence-corrected chi connectivity index (χ0v) is 16.3. The quantitative estimate of drug-likeness (QED) is 0.780. The fraction of sp³-hybridized carbons (Fsp3) is 0.263. The number of hydrogen-bond donors (Lipinski definition) is 1. The van der Waals surface area contributed by atoms with E-state index in [-0.39, 0.29) is 24.2 Å². The Morgan fingerprint density at radius 1 is 1.24 bits per heavy atom. The predicted molar refractivity (Wildman–Crippen MR) is 104 cm³/mol. The predicted octanol–water partition coefficient (Wildman–Crippen LogP) is 4.71. The minimum atomic E-state index is -0.380. The number of carbonyl (C=O) groups excluding carboxylic acids is 2. The molecular formula is C19H18BrClN2O2. The monoisotopic (exact) mass is 420 g/mol. The van der Waals surface area contributed by atoms with Gasteiger partial charge in [0.05, 0.1) is 10.9 Å². The van der Waals surface area contributed by atoms with Crippen molar-refractivity contribution in [2.24, 2.45) is 5.92 Å². The van der Waals surface area contributed by atoms with Crippen LogP contribution in [-0.4, -0.2) is 18.4 Å². The van der Waals surface area contributed by atoms with Gasteiger partial charge in [-0.05, 0) is 65.2 Å². The first kappa shape index (κ1) is 18.0. The summed E-state index contributed by atoms with van der Waals surface area (Å²) < 4.78 is 0.768. The first-order valence-corrected chi connectivity index (χ1v) is 9.16. The topological polar surface area (TPSA) is 49.4 Å². The third-order valence-electron chi connectivity index (χ3n) is 4.34. The molecule has 1 fully saturated rings. The lowest BCUT2D eigenvalue weighted by Crippen LogP contribution is -2.28. The van der Waals surface area contributed by atoms with Crippen molar-refractivity contribution < 1.29 is 9.59 Å². The molecule has 0 radical (unpaired) electrons. The number of benzene rings is 2. The molecule has 130 valence electrons. The van der Waals surface area contributed by atoms with Gasteiger partial charge in [-0.3, -0.25) is 9.59 Å². The summed E-state index contributed by atoms with van der Waals surface area (Å²) in [5.41, 5.74) is 3.62. The first-order valence-electron chi connectivity index (χ1n) is 7.98. The molecule has 0 saturated carbocycles. The molecule has 0 unspecified atom stereocenters. The van der Waals surface area contributed by atoms with Crippen molar-refractivity contribution in [3.63, 3.8) is 0 Å². The maximum absolute atomic E-state index is 12.5. The molecule has 1 aliphatic heterocycles. The van der Waals surface area contributed by atoms with E-state index in [0.29, 0.717) is 17.3 Å². The molecule has 0 bridgehead atoms. The van der Waals surface area contributed by atoms with Gasteiger partial charge in [-0.2, -0.15) is 0 Å². The average molecular weight is 422 g/mol. The highest BCUT2D eigenvalue weighted by atomic mass is 79.9. The SMILES string of the molecule is Cc1ccc(C)c(N2C[C@@H](C(=O)Nc3ccc(Br)c(Cl)c3)CC2=O)c1. The second-order valence-electron chi connectivity index (χ2n) is 6.31. The van der Waals surface area contributed by atoms with Gasteiger partial charge < -0.3 is 10.2 Å². The summed E-state index contributed by atoms with van der Waals surface area (Å²) >= 11 is 9.38. The van der Waals surface area contributed by atoms with Crippen molar-refractivity contribution in [3.8, 4) is 0 Å². The van der Waals surface area contributed by atoms with Gasteiger partial charge >= 0.3 is 0 Å². The van der Waals surface area contributed by atoms with Crippen molar-refractivity contribution in [3.05, 3.63) is 57.0 Å². The molecule has 2 amide bonds. The van der Waals surface area contributed by atoms with E-state index in [9.17, 15) is 9.59 Å². The normalized spacial score (nSPS) is 17.0. The van der Waals surface area contributed by atoms with E-state index < -0.39 is 0 Å². The molecule has 1 heterocycles. The second kappa shape index (κ2) is 7.18. The van der Waals surface area contributed by atoms with Crippen LogP contribution in [0.3, 0.4) is 0 Å². The van der Waals surface area contributed by atoms with Gasteiger partial charge in [0, 0.05) is 28.8 Å². The second-order valence-corrected chi connectivity index (χ2v) is 7.58. The molecule has 3 rings (SSSR count). The number of nitrogens with zero attached hydrogens (tertiary/aromatic N) is 1. The molecule has 2 aromatic carbocycles. The minimum absolute atomic E-state index is 0.0253. The lowest BCUT2D eigenvalue weighted by molar-refractivity contribution is -0.122. The number of halogens is 2. The molecule has 1 saturated heterocycles. The largest absolute Gasteiger partial charge is 0.326 e. The molecule has 1 atom stereocenters. The molecule has 0 spiro atoms. The summed E-state index contributed by atoms with van der Waals surface area (Å²) in [6, 6.07) is 11.2. The molecule has 1 N–H and O–H groups in total. The fourth-order valence-electron chi connectivity index (χ4n) is 2.94. The Kier molecular flexibility index (Phi) is 5.16. The van der Waals surface area contributed by atoms with Gasteiger partial charge in [-0.1, -0.05) is 23.7 Å². The van der Waals surface area contributed by atoms with Crippen LogP contribution < -0.4 is 10.2 Å². The Bertz CT molecular complexity index is 853. The molecular weight excluding hydrogens is 404 g/mol. The van der Waals surface area contributed by atoms with E-state index in [4.69, 9.17) is 11.6 Å². The highest BCUT2D eigenvalue weighted by Crippen LogP contribution is 2.30. The number of anilines is 2. The highest BCUT2D eigenvalue weighted by Gasteiger charge is 2.35. The van der Waals surface area contributed by atoms with E-state index in [0.717, 1.165) is 21.3 Å². The fourth-order valence-corrected chi connectivity index (χ4v) is 3.37. The zero-order chi connectivity index (χ0) is 18.1. The van der Waals surface area contributed by atoms with Crippen LogP contribution in [0.25, 0.3) is 0 Å². The van der Waals surface area contributed by atoms with Crippen LogP contribution in [0, 0.1) is 19.8 Å². The van der Waals surface area contributed by atoms with E-state index >= 15 is 0 Å². The highest BCUT2D eigenvalue weighted by molar-refractivity contribution is 9.10. The summed E-state index contributed by atoms with van der Waals surface area (Å²) in [7, 11) is 0. The standard InChI is InChI=1S/C19H18BrClN2O2/c1-11-3-4-12(2)17(7-11)23-10-13(8-18(23)24)19(25)22-14-5-6-15(20)16(21)9-14/h3-7,9,13H,8,10H2,1-2H3,(H,22,25)/t13-/m0/s1. The summed E-state index contributed by atoms with van der Waals surface area (Å²) in [4.78, 5) is 26.7. The third kappa shape index (κ3) is 3.88. The summed E-state index contributed by atoms with van der Waals surface area (Å²) in [5, 5.41) is 3.37. The van der Waals surface area contributed by atoms with E-state index in [2.05, 4.69) is 21.2 Å². The number of nitrogens with one attached hydrogen (secondary N) is 1. The van der Waals surface area contributed by atoms with Crippen LogP contribution in [0.2, 0.25) is 5.02 Å². The minimum Gasteiger partial charge on any atom is -0.326 e. The van der Waals surface area contributed by atoms with Crippen molar-refractivity contribution in [1.82, 2.24) is 0 Å². The lowest BCUT2D eigenvalue weighted by Gasteiger charge is -2.19. The van der Waals surface area contributed by atoms with Crippen LogP contribution in [0.15, 0.2) is 40.9 Å². The van der Waals surface area contributed by atoms with Crippen LogP contribution in [-0.2, 0) is 9.59 Å². The maximum atomic E-state index is 12.5. The Morgan fingerprint density at radius 2 is 2.00 bits per heavy atom. The average Bonchev–Trinajstić information content (AvgIpc) is 2.95. The Hall–Kier alpha value is -1.85. The van der Waals surface area contributed by atoms with Gasteiger partial charge in [0.25, 0.3) is 0 Å². The summed E-state index contributed by atoms with van der Waals surface area (Å²) in [6.07, 6.45) is 0.212. The summed E-state index contributed by atoms with van der Waals surface area (Å²) in [6.45, 7) is 4.35. The maximum Gasteiger partial charge on any atom is 0.229 e. The van der Waals surface area contributed by atoms with Crippen LogP contribution in [0.1, 0.15) is 17.5 Å². The van der Waals surface area contributed by atoms with Gasteiger partial charge in [0.1, 0.15) is 0 Å². The number of carbonyl (C=O) groups is 2. The van der Waals surface area contributed by atoms with Gasteiger partial charge in [-0.15, -0.1) is 0 Å². The first-order chi connectivity index (χ1) is 11.8. The van der Waals surface area contributed by atoms with Crippen LogP contribution >= 0.6 is 27.5 Å². The van der Waals surface area contributed by atoms with Crippen molar-refractivity contribution in [1.29, 1.82) is 0 Å². The zero-order valence-electron chi connectivity index (χ0n) is 14.0. The number of rotatable bonds is 3. The Balaban J connectivity index is 1.74. The number of amides is 2. The van der Waals surface area contributed by atoms with Crippen LogP contribution in [0.5, 0.6) is 0 Å². The molecule has 4 nitrogen and oxygen atoms in total. The van der Waals surface area contributed by atoms with Gasteiger partial charge in [-0.25, -0.2) is 0 Å². The third-order valence-corrected chi connectivity index (χ3v) is 5.57.